The van der Waals surface area contributed by atoms with Gasteiger partial charge in [0.15, 0.2) is 25.0 Å². The van der Waals surface area contributed by atoms with E-state index in [9.17, 15) is 45.3 Å². The first-order valence-electron chi connectivity index (χ1n) is 23.9. The van der Waals surface area contributed by atoms with Gasteiger partial charge in [0.2, 0.25) is 0 Å². The van der Waals surface area contributed by atoms with Crippen molar-refractivity contribution in [2.24, 2.45) is 50.2 Å². The third kappa shape index (κ3) is 7.73. The summed E-state index contributed by atoms with van der Waals surface area (Å²) in [6, 6.07) is 0. The molecular formula is C48H76O16. The molecule has 21 unspecified atom stereocenters. The zero-order valence-electron chi connectivity index (χ0n) is 39.2. The molecule has 0 aromatic heterocycles. The molecule has 3 saturated heterocycles. The van der Waals surface area contributed by atoms with E-state index in [-0.39, 0.29) is 58.2 Å². The van der Waals surface area contributed by atoms with Crippen molar-refractivity contribution in [1.82, 2.24) is 0 Å². The molecule has 3 heterocycles. The van der Waals surface area contributed by atoms with Crippen molar-refractivity contribution < 1.29 is 78.5 Å². The molecule has 7 fully saturated rings. The van der Waals surface area contributed by atoms with Crippen molar-refractivity contribution >= 4 is 11.9 Å². The van der Waals surface area contributed by atoms with Crippen molar-refractivity contribution in [2.75, 3.05) is 13.2 Å². The molecule has 21 atom stereocenters. The van der Waals surface area contributed by atoms with Crippen molar-refractivity contribution in [2.45, 2.75) is 213 Å². The molecule has 0 spiro atoms. The van der Waals surface area contributed by atoms with Gasteiger partial charge in [0, 0.05) is 6.92 Å². The maximum absolute atomic E-state index is 13.1. The molecule has 364 valence electrons. The predicted molar refractivity (Wildman–Crippen MR) is 227 cm³/mol. The van der Waals surface area contributed by atoms with Gasteiger partial charge in [0.1, 0.15) is 48.8 Å². The lowest BCUT2D eigenvalue weighted by Crippen LogP contribution is -2.66. The SMILES string of the molecule is CC(=O)OC1COC(OC2C(O)C(C)OC(OC3C(OC4CCC5(C)C(CCC6(C)C5CC=C5C7CC(C)(C)CCC7(C(=O)O)CCC56C)C4(C)C)OCC(O)C3O)C2O)C(O)C1O. The third-order valence-electron chi connectivity index (χ3n) is 18.8. The summed E-state index contributed by atoms with van der Waals surface area (Å²) in [5.74, 6) is -0.639. The lowest BCUT2D eigenvalue weighted by molar-refractivity contribution is -0.378. The summed E-state index contributed by atoms with van der Waals surface area (Å²) in [6.07, 6.45) is -7.74. The van der Waals surface area contributed by atoms with E-state index in [0.717, 1.165) is 58.3 Å². The number of aliphatic hydroxyl groups excluding tert-OH is 6. The minimum atomic E-state index is -1.72. The van der Waals surface area contributed by atoms with Gasteiger partial charge >= 0.3 is 11.9 Å². The molecule has 8 rings (SSSR count). The number of carbonyl (C=O) groups excluding carboxylic acids is 1. The fraction of sp³-hybridized carbons (Fsp3) is 0.917. The van der Waals surface area contributed by atoms with E-state index in [2.05, 4.69) is 54.5 Å². The summed E-state index contributed by atoms with van der Waals surface area (Å²) in [5, 5.41) is 77.0. The van der Waals surface area contributed by atoms with Crippen LogP contribution in [0.15, 0.2) is 11.6 Å². The first-order valence-corrected chi connectivity index (χ1v) is 23.9. The Hall–Kier alpha value is -1.80. The van der Waals surface area contributed by atoms with Crippen LogP contribution in [0.5, 0.6) is 0 Å². The molecule has 16 nitrogen and oxygen atoms in total. The van der Waals surface area contributed by atoms with Crippen LogP contribution in [0.4, 0.5) is 0 Å². The largest absolute Gasteiger partial charge is 0.481 e. The van der Waals surface area contributed by atoms with Crippen LogP contribution in [-0.4, -0.2) is 147 Å². The van der Waals surface area contributed by atoms with Gasteiger partial charge in [-0.15, -0.1) is 0 Å². The Bertz CT molecular complexity index is 1790. The molecule has 8 aliphatic rings. The van der Waals surface area contributed by atoms with Crippen LogP contribution in [-0.2, 0) is 42.7 Å². The van der Waals surface area contributed by atoms with E-state index in [1.807, 2.05) is 0 Å². The predicted octanol–water partition coefficient (Wildman–Crippen LogP) is 3.58. The quantitative estimate of drug-likeness (QED) is 0.105. The van der Waals surface area contributed by atoms with E-state index < -0.39 is 97.3 Å². The fourth-order valence-corrected chi connectivity index (χ4v) is 14.8. The maximum atomic E-state index is 13.1. The number of carboxylic acids is 1. The van der Waals surface area contributed by atoms with Crippen LogP contribution in [0.2, 0.25) is 0 Å². The van der Waals surface area contributed by atoms with Crippen LogP contribution >= 0.6 is 0 Å². The highest BCUT2D eigenvalue weighted by molar-refractivity contribution is 5.76. The number of hydrogen-bond acceptors (Lipinski definition) is 15. The third-order valence-corrected chi connectivity index (χ3v) is 18.8. The highest BCUT2D eigenvalue weighted by atomic mass is 16.8. The number of esters is 1. The summed E-state index contributed by atoms with van der Waals surface area (Å²) in [6.45, 7) is 18.6. The second-order valence-electron chi connectivity index (χ2n) is 23.1. The van der Waals surface area contributed by atoms with E-state index in [1.54, 1.807) is 0 Å². The number of rotatable bonds is 8. The fourth-order valence-electron chi connectivity index (χ4n) is 14.8. The second kappa shape index (κ2) is 17.0. The lowest BCUT2D eigenvalue weighted by atomic mass is 9.33. The van der Waals surface area contributed by atoms with Gasteiger partial charge in [-0.25, -0.2) is 0 Å². The standard InChI is InChI=1S/C48H76O16/c1-23-32(51)37(63-39-35(54)34(53)28(22-59-39)61-24(2)49)36(55)40(60-23)64-38-33(52)27(50)21-58-41(38)62-31-13-14-45(7)29(44(31,5)6)12-15-47(9)30(45)11-10-25-26-20-43(3,4)16-18-48(26,42(56)57)19-17-46(25,47)8/h10,23,26-41,50-55H,11-22H2,1-9H3,(H,56,57). The average molecular weight is 909 g/mol. The Kier molecular flexibility index (Phi) is 12.9. The Morgan fingerprint density at radius 2 is 1.38 bits per heavy atom. The maximum Gasteiger partial charge on any atom is 0.310 e. The van der Waals surface area contributed by atoms with E-state index >= 15 is 0 Å². The summed E-state index contributed by atoms with van der Waals surface area (Å²) in [7, 11) is 0. The Morgan fingerprint density at radius 1 is 0.703 bits per heavy atom. The Morgan fingerprint density at radius 3 is 2.06 bits per heavy atom. The van der Waals surface area contributed by atoms with Crippen LogP contribution in [0.25, 0.3) is 0 Å². The van der Waals surface area contributed by atoms with Gasteiger partial charge in [-0.2, -0.15) is 0 Å². The van der Waals surface area contributed by atoms with Crippen molar-refractivity contribution in [1.29, 1.82) is 0 Å². The molecule has 64 heavy (non-hydrogen) atoms. The van der Waals surface area contributed by atoms with Crippen LogP contribution in [0, 0.1) is 50.2 Å². The highest BCUT2D eigenvalue weighted by Crippen LogP contribution is 2.76. The van der Waals surface area contributed by atoms with Crippen molar-refractivity contribution in [3.05, 3.63) is 11.6 Å². The highest BCUT2D eigenvalue weighted by Gasteiger charge is 2.70. The Labute approximate surface area is 377 Å². The number of allylic oxidation sites excluding steroid dienone is 2. The number of aliphatic carboxylic acids is 1. The molecule has 0 aromatic rings. The van der Waals surface area contributed by atoms with Gasteiger partial charge in [-0.3, -0.25) is 9.59 Å². The normalized spacial score (nSPS) is 52.2. The smallest absolute Gasteiger partial charge is 0.310 e. The lowest BCUT2D eigenvalue weighted by Gasteiger charge is -2.71. The topological polar surface area (TPSA) is 240 Å². The van der Waals surface area contributed by atoms with Gasteiger partial charge in [0.05, 0.1) is 30.8 Å². The number of aliphatic hydroxyl groups is 6. The zero-order chi connectivity index (χ0) is 46.7. The van der Waals surface area contributed by atoms with E-state index in [1.165, 1.54) is 12.5 Å². The van der Waals surface area contributed by atoms with Gasteiger partial charge < -0.3 is 68.9 Å². The van der Waals surface area contributed by atoms with Crippen molar-refractivity contribution in [3.8, 4) is 0 Å². The minimum absolute atomic E-state index is 0.0233. The summed E-state index contributed by atoms with van der Waals surface area (Å²) in [5.41, 5.74) is 0.240. The first-order chi connectivity index (χ1) is 29.8. The second-order valence-corrected chi connectivity index (χ2v) is 23.1. The van der Waals surface area contributed by atoms with Gasteiger partial charge in [-0.1, -0.05) is 60.1 Å². The number of fused-ring (bicyclic) bond motifs is 7. The van der Waals surface area contributed by atoms with Crippen LogP contribution in [0.1, 0.15) is 127 Å². The monoisotopic (exact) mass is 909 g/mol. The molecular weight excluding hydrogens is 833 g/mol. The minimum Gasteiger partial charge on any atom is -0.481 e. The first kappa shape index (κ1) is 48.6. The van der Waals surface area contributed by atoms with Gasteiger partial charge in [-0.05, 0) is 116 Å². The summed E-state index contributed by atoms with van der Waals surface area (Å²) in [4.78, 5) is 24.6. The van der Waals surface area contributed by atoms with E-state index in [4.69, 9.17) is 33.2 Å². The molecule has 0 radical (unpaired) electrons. The Balaban J connectivity index is 0.985. The summed E-state index contributed by atoms with van der Waals surface area (Å²) >= 11 is 0. The molecule has 0 aromatic carbocycles. The molecule has 4 saturated carbocycles. The number of ether oxygens (including phenoxy) is 7. The molecule has 7 N–H and O–H groups in total. The number of hydrogen-bond donors (Lipinski definition) is 7. The molecule has 0 amide bonds. The van der Waals surface area contributed by atoms with Crippen LogP contribution in [0.3, 0.4) is 0 Å². The van der Waals surface area contributed by atoms with Gasteiger partial charge in [0.25, 0.3) is 0 Å². The van der Waals surface area contributed by atoms with E-state index in [0.29, 0.717) is 18.8 Å². The molecule has 5 aliphatic carbocycles. The molecule has 0 bridgehead atoms. The molecule has 3 aliphatic heterocycles. The average Bonchev–Trinajstić information content (AvgIpc) is 3.21. The summed E-state index contributed by atoms with van der Waals surface area (Å²) < 4.78 is 41.5. The molecule has 16 heteroatoms. The van der Waals surface area contributed by atoms with Crippen LogP contribution < -0.4 is 0 Å². The zero-order valence-corrected chi connectivity index (χ0v) is 39.2. The number of carboxylic acid groups (broad SMARTS) is 1. The number of carbonyl (C=O) groups is 2. The van der Waals surface area contributed by atoms with Crippen molar-refractivity contribution in [3.63, 3.8) is 0 Å².